The van der Waals surface area contributed by atoms with Crippen LogP contribution >= 0.6 is 11.6 Å². The zero-order valence-electron chi connectivity index (χ0n) is 8.10. The molecule has 14 heavy (non-hydrogen) atoms. The Bertz CT molecular complexity index is 376. The van der Waals surface area contributed by atoms with Gasteiger partial charge in [0.25, 0.3) is 0 Å². The number of hydrogen-bond donors (Lipinski definition) is 1. The van der Waals surface area contributed by atoms with E-state index in [2.05, 4.69) is 17.2 Å². The molecule has 2 heteroatoms. The van der Waals surface area contributed by atoms with Crippen molar-refractivity contribution in [3.8, 4) is 11.8 Å². The van der Waals surface area contributed by atoms with Crippen molar-refractivity contribution >= 4 is 11.6 Å². The summed E-state index contributed by atoms with van der Waals surface area (Å²) in [6, 6.07) is 5.88. The third-order valence-electron chi connectivity index (χ3n) is 2.40. The van der Waals surface area contributed by atoms with Crippen LogP contribution in [-0.4, -0.2) is 13.1 Å². The quantitative estimate of drug-likeness (QED) is 0.641. The molecule has 72 valence electrons. The summed E-state index contributed by atoms with van der Waals surface area (Å²) in [7, 11) is 0. The highest BCUT2D eigenvalue weighted by Crippen LogP contribution is 2.18. The minimum Gasteiger partial charge on any atom is -0.314 e. The molecular weight excluding hydrogens is 194 g/mol. The van der Waals surface area contributed by atoms with Crippen molar-refractivity contribution in [2.24, 2.45) is 5.92 Å². The van der Waals surface area contributed by atoms with Crippen LogP contribution in [0.3, 0.4) is 0 Å². The largest absolute Gasteiger partial charge is 0.314 e. The van der Waals surface area contributed by atoms with E-state index in [4.69, 9.17) is 11.6 Å². The minimum absolute atomic E-state index is 0.505. The molecule has 0 atom stereocenters. The van der Waals surface area contributed by atoms with Gasteiger partial charge in [0.1, 0.15) is 0 Å². The zero-order chi connectivity index (χ0) is 9.97. The van der Waals surface area contributed by atoms with E-state index in [1.165, 1.54) is 0 Å². The number of rotatable bonds is 0. The van der Waals surface area contributed by atoms with E-state index in [-0.39, 0.29) is 0 Å². The van der Waals surface area contributed by atoms with Gasteiger partial charge >= 0.3 is 0 Å². The second kappa shape index (κ2) is 4.04. The summed E-state index contributed by atoms with van der Waals surface area (Å²) in [5.74, 6) is 6.89. The molecule has 1 N–H and O–H groups in total. The summed E-state index contributed by atoms with van der Waals surface area (Å²) in [5, 5.41) is 3.95. The third-order valence-corrected chi connectivity index (χ3v) is 2.72. The highest BCUT2D eigenvalue weighted by molar-refractivity contribution is 6.31. The number of hydrogen-bond acceptors (Lipinski definition) is 1. The topological polar surface area (TPSA) is 12.0 Å². The summed E-state index contributed by atoms with van der Waals surface area (Å²) in [4.78, 5) is 0. The Morgan fingerprint density at radius 1 is 1.43 bits per heavy atom. The predicted molar refractivity (Wildman–Crippen MR) is 59.4 cm³/mol. The normalized spacial score (nSPS) is 15.6. The van der Waals surface area contributed by atoms with Gasteiger partial charge in [-0.25, -0.2) is 0 Å². The molecule has 0 aliphatic carbocycles. The first-order valence-corrected chi connectivity index (χ1v) is 5.12. The number of aryl methyl sites for hydroxylation is 1. The molecule has 1 aromatic carbocycles. The predicted octanol–water partition coefficient (Wildman–Crippen LogP) is 2.22. The van der Waals surface area contributed by atoms with Crippen LogP contribution in [0.5, 0.6) is 0 Å². The zero-order valence-corrected chi connectivity index (χ0v) is 8.86. The average molecular weight is 206 g/mol. The second-order valence-electron chi connectivity index (χ2n) is 3.56. The molecule has 0 bridgehead atoms. The van der Waals surface area contributed by atoms with Gasteiger partial charge in [-0.3, -0.25) is 0 Å². The van der Waals surface area contributed by atoms with Crippen molar-refractivity contribution in [3.05, 3.63) is 34.3 Å². The van der Waals surface area contributed by atoms with E-state index < -0.39 is 0 Å². The Kier molecular flexibility index (Phi) is 2.77. The Balaban J connectivity index is 2.25. The number of nitrogens with one attached hydrogen (secondary N) is 1. The highest BCUT2D eigenvalue weighted by atomic mass is 35.5. The lowest BCUT2D eigenvalue weighted by atomic mass is 10.0. The van der Waals surface area contributed by atoms with E-state index >= 15 is 0 Å². The van der Waals surface area contributed by atoms with Gasteiger partial charge in [0.05, 0.1) is 5.02 Å². The van der Waals surface area contributed by atoms with Crippen molar-refractivity contribution in [2.75, 3.05) is 13.1 Å². The number of halogens is 1. The first-order valence-electron chi connectivity index (χ1n) is 4.75. The monoisotopic (exact) mass is 205 g/mol. The Morgan fingerprint density at radius 3 is 2.79 bits per heavy atom. The molecule has 1 aliphatic heterocycles. The van der Waals surface area contributed by atoms with Gasteiger partial charge in [-0.15, -0.1) is 0 Å². The van der Waals surface area contributed by atoms with Crippen LogP contribution < -0.4 is 5.32 Å². The first-order chi connectivity index (χ1) is 6.77. The lowest BCUT2D eigenvalue weighted by Crippen LogP contribution is -2.40. The molecule has 2 rings (SSSR count). The van der Waals surface area contributed by atoms with Crippen molar-refractivity contribution in [1.82, 2.24) is 5.32 Å². The second-order valence-corrected chi connectivity index (χ2v) is 3.96. The van der Waals surface area contributed by atoms with Gasteiger partial charge in [-0.2, -0.15) is 0 Å². The van der Waals surface area contributed by atoms with Crippen LogP contribution in [0, 0.1) is 24.7 Å². The Morgan fingerprint density at radius 2 is 2.21 bits per heavy atom. The van der Waals surface area contributed by atoms with Crippen LogP contribution in [0.1, 0.15) is 11.1 Å². The van der Waals surface area contributed by atoms with Crippen LogP contribution in [0.25, 0.3) is 0 Å². The minimum atomic E-state index is 0.505. The SMILES string of the molecule is Cc1cccc(Cl)c1C#CC1CNC1. The summed E-state index contributed by atoms with van der Waals surface area (Å²) in [6.45, 7) is 4.06. The molecule has 1 fully saturated rings. The van der Waals surface area contributed by atoms with Crippen LogP contribution in [-0.2, 0) is 0 Å². The average Bonchev–Trinajstić information content (AvgIpc) is 2.07. The summed E-state index contributed by atoms with van der Waals surface area (Å²) in [5.41, 5.74) is 2.12. The molecule has 0 radical (unpaired) electrons. The van der Waals surface area contributed by atoms with E-state index in [1.807, 2.05) is 25.1 Å². The fraction of sp³-hybridized carbons (Fsp3) is 0.333. The summed E-state index contributed by atoms with van der Waals surface area (Å²) < 4.78 is 0. The maximum Gasteiger partial charge on any atom is 0.0565 e. The lowest BCUT2D eigenvalue weighted by molar-refractivity contribution is 0.432. The van der Waals surface area contributed by atoms with Crippen LogP contribution in [0.2, 0.25) is 5.02 Å². The fourth-order valence-corrected chi connectivity index (χ4v) is 1.62. The van der Waals surface area contributed by atoms with E-state index in [9.17, 15) is 0 Å². The maximum absolute atomic E-state index is 6.06. The molecule has 1 heterocycles. The number of benzene rings is 1. The summed E-state index contributed by atoms with van der Waals surface area (Å²) >= 11 is 6.06. The van der Waals surface area contributed by atoms with Gasteiger partial charge in [0.2, 0.25) is 0 Å². The smallest absolute Gasteiger partial charge is 0.0565 e. The molecule has 0 amide bonds. The molecule has 0 unspecified atom stereocenters. The molecule has 1 aromatic rings. The van der Waals surface area contributed by atoms with Gasteiger partial charge < -0.3 is 5.32 Å². The van der Waals surface area contributed by atoms with Crippen LogP contribution in [0.15, 0.2) is 18.2 Å². The first kappa shape index (κ1) is 9.58. The maximum atomic E-state index is 6.06. The van der Waals surface area contributed by atoms with E-state index in [1.54, 1.807) is 0 Å². The van der Waals surface area contributed by atoms with Gasteiger partial charge in [-0.1, -0.05) is 35.6 Å². The molecular formula is C12H12ClN. The van der Waals surface area contributed by atoms with Gasteiger partial charge in [-0.05, 0) is 18.6 Å². The highest BCUT2D eigenvalue weighted by Gasteiger charge is 2.12. The van der Waals surface area contributed by atoms with Gasteiger partial charge in [0.15, 0.2) is 0 Å². The molecule has 1 saturated heterocycles. The lowest BCUT2D eigenvalue weighted by Gasteiger charge is -2.21. The third kappa shape index (κ3) is 1.92. The summed E-state index contributed by atoms with van der Waals surface area (Å²) in [6.07, 6.45) is 0. The molecule has 0 aromatic heterocycles. The van der Waals surface area contributed by atoms with Crippen molar-refractivity contribution in [1.29, 1.82) is 0 Å². The molecule has 1 nitrogen and oxygen atoms in total. The Labute approximate surface area is 89.5 Å². The molecule has 0 spiro atoms. The Hall–Kier alpha value is -0.970. The van der Waals surface area contributed by atoms with E-state index in [0.29, 0.717) is 5.92 Å². The van der Waals surface area contributed by atoms with Crippen molar-refractivity contribution in [2.45, 2.75) is 6.92 Å². The molecule has 1 aliphatic rings. The van der Waals surface area contributed by atoms with Crippen molar-refractivity contribution in [3.63, 3.8) is 0 Å². The molecule has 0 saturated carbocycles. The van der Waals surface area contributed by atoms with Crippen molar-refractivity contribution < 1.29 is 0 Å². The van der Waals surface area contributed by atoms with Gasteiger partial charge in [0, 0.05) is 24.6 Å². The van der Waals surface area contributed by atoms with Crippen LogP contribution in [0.4, 0.5) is 0 Å². The standard InChI is InChI=1S/C12H12ClN/c1-9-3-2-4-12(13)11(9)6-5-10-7-14-8-10/h2-4,10,14H,7-8H2,1H3. The van der Waals surface area contributed by atoms with E-state index in [0.717, 1.165) is 29.2 Å². The fourth-order valence-electron chi connectivity index (χ4n) is 1.36.